The molecule has 5 nitrogen and oxygen atoms in total. The molecule has 4 rings (SSSR count). The number of sulfone groups is 1. The van der Waals surface area contributed by atoms with E-state index in [4.69, 9.17) is 5.73 Å². The van der Waals surface area contributed by atoms with Crippen molar-refractivity contribution < 1.29 is 8.42 Å². The number of nitrogens with zero attached hydrogens (tertiary/aromatic N) is 1. The summed E-state index contributed by atoms with van der Waals surface area (Å²) in [4.78, 5) is 0.262. The lowest BCUT2D eigenvalue weighted by Crippen LogP contribution is -2.21. The van der Waals surface area contributed by atoms with E-state index in [-0.39, 0.29) is 16.0 Å². The lowest BCUT2D eigenvalue weighted by atomic mass is 9.89. The largest absolute Gasteiger partial charge is 0.382 e. The number of hydrogen-bond acceptors (Lipinski definition) is 6. The summed E-state index contributed by atoms with van der Waals surface area (Å²) >= 11 is 1.19. The van der Waals surface area contributed by atoms with Gasteiger partial charge < -0.3 is 11.1 Å². The Morgan fingerprint density at radius 3 is 2.67 bits per heavy atom. The fraction of sp³-hybridized carbons (Fsp3) is 0.786. The van der Waals surface area contributed by atoms with E-state index < -0.39 is 9.84 Å². The molecule has 0 aromatic carbocycles. The molecule has 21 heavy (non-hydrogen) atoms. The monoisotopic (exact) mass is 327 g/mol. The van der Waals surface area contributed by atoms with Crippen LogP contribution in [0.5, 0.6) is 0 Å². The minimum atomic E-state index is -3.28. The van der Waals surface area contributed by atoms with Crippen LogP contribution >= 0.6 is 11.5 Å². The van der Waals surface area contributed by atoms with Crippen LogP contribution in [0.15, 0.2) is 4.90 Å². The van der Waals surface area contributed by atoms with Crippen molar-refractivity contribution in [2.24, 2.45) is 17.8 Å². The minimum absolute atomic E-state index is 0.169. The van der Waals surface area contributed by atoms with Crippen molar-refractivity contribution in [3.05, 3.63) is 0 Å². The predicted octanol–water partition coefficient (Wildman–Crippen LogP) is 2.51. The van der Waals surface area contributed by atoms with Crippen molar-refractivity contribution in [1.29, 1.82) is 0 Å². The highest BCUT2D eigenvalue weighted by Crippen LogP contribution is 2.48. The van der Waals surface area contributed by atoms with Gasteiger partial charge in [-0.3, -0.25) is 0 Å². The smallest absolute Gasteiger partial charge is 0.187 e. The summed E-state index contributed by atoms with van der Waals surface area (Å²) < 4.78 is 29.0. The Morgan fingerprint density at radius 1 is 1.24 bits per heavy atom. The van der Waals surface area contributed by atoms with Crippen LogP contribution in [-0.2, 0) is 9.84 Å². The van der Waals surface area contributed by atoms with Crippen LogP contribution in [0, 0.1) is 17.8 Å². The van der Waals surface area contributed by atoms with Crippen molar-refractivity contribution >= 4 is 32.2 Å². The van der Waals surface area contributed by atoms with E-state index in [0.29, 0.717) is 10.9 Å². The van der Waals surface area contributed by atoms with Crippen molar-refractivity contribution in [3.8, 4) is 0 Å². The fourth-order valence-electron chi connectivity index (χ4n) is 4.08. The molecule has 3 fully saturated rings. The number of hydrogen-bond donors (Lipinski definition) is 2. The van der Waals surface area contributed by atoms with Gasteiger partial charge >= 0.3 is 0 Å². The number of anilines is 2. The molecular formula is C14H21N3O2S2. The zero-order valence-electron chi connectivity index (χ0n) is 11.9. The second kappa shape index (κ2) is 4.84. The quantitative estimate of drug-likeness (QED) is 0.868. The van der Waals surface area contributed by atoms with Crippen LogP contribution in [0.25, 0.3) is 0 Å². The van der Waals surface area contributed by atoms with Crippen LogP contribution < -0.4 is 11.1 Å². The number of nitrogens with one attached hydrogen (secondary N) is 1. The molecule has 3 atom stereocenters. The maximum absolute atomic E-state index is 12.5. The van der Waals surface area contributed by atoms with Crippen LogP contribution in [0.2, 0.25) is 0 Å². The van der Waals surface area contributed by atoms with Crippen LogP contribution in [0.4, 0.5) is 10.8 Å². The molecule has 0 amide bonds. The molecule has 3 aliphatic rings. The number of rotatable bonds is 5. The topological polar surface area (TPSA) is 85.1 Å². The summed E-state index contributed by atoms with van der Waals surface area (Å²) in [5.74, 6) is 2.59. The Labute approximate surface area is 129 Å². The van der Waals surface area contributed by atoms with E-state index >= 15 is 0 Å². The summed E-state index contributed by atoms with van der Waals surface area (Å²) in [5, 5.41) is 3.76. The zero-order chi connectivity index (χ0) is 14.6. The Morgan fingerprint density at radius 2 is 2.05 bits per heavy atom. The van der Waals surface area contributed by atoms with Gasteiger partial charge in [0.1, 0.15) is 9.90 Å². The summed E-state index contributed by atoms with van der Waals surface area (Å²) in [6.45, 7) is 0.857. The van der Waals surface area contributed by atoms with Gasteiger partial charge in [0.2, 0.25) is 0 Å². The molecule has 0 saturated heterocycles. The molecule has 3 aliphatic carbocycles. The molecule has 116 valence electrons. The van der Waals surface area contributed by atoms with Crippen LogP contribution in [0.3, 0.4) is 0 Å². The number of fused-ring (bicyclic) bond motifs is 2. The summed E-state index contributed by atoms with van der Waals surface area (Å²) in [6.07, 6.45) is 6.89. The third-order valence-electron chi connectivity index (χ3n) is 5.33. The molecule has 2 bridgehead atoms. The van der Waals surface area contributed by atoms with E-state index in [1.807, 2.05) is 0 Å². The van der Waals surface area contributed by atoms with Crippen molar-refractivity contribution in [2.45, 2.75) is 48.7 Å². The van der Waals surface area contributed by atoms with Crippen molar-refractivity contribution in [1.82, 2.24) is 4.37 Å². The molecule has 0 spiro atoms. The fourth-order valence-corrected chi connectivity index (χ4v) is 6.97. The van der Waals surface area contributed by atoms with E-state index in [1.54, 1.807) is 0 Å². The third kappa shape index (κ3) is 2.34. The maximum atomic E-state index is 12.5. The van der Waals surface area contributed by atoms with Gasteiger partial charge in [0.15, 0.2) is 15.7 Å². The van der Waals surface area contributed by atoms with E-state index in [0.717, 1.165) is 31.2 Å². The van der Waals surface area contributed by atoms with Gasteiger partial charge in [-0.15, -0.1) is 0 Å². The lowest BCUT2D eigenvalue weighted by Gasteiger charge is -2.22. The highest BCUT2D eigenvalue weighted by Gasteiger charge is 2.42. The van der Waals surface area contributed by atoms with Gasteiger partial charge in [0.25, 0.3) is 0 Å². The van der Waals surface area contributed by atoms with Gasteiger partial charge in [0, 0.05) is 6.54 Å². The first kappa shape index (κ1) is 13.8. The number of aromatic nitrogens is 1. The van der Waals surface area contributed by atoms with Gasteiger partial charge in [-0.1, -0.05) is 6.42 Å². The highest BCUT2D eigenvalue weighted by molar-refractivity contribution is 7.92. The van der Waals surface area contributed by atoms with Gasteiger partial charge in [-0.2, -0.15) is 4.37 Å². The Hall–Kier alpha value is -0.820. The lowest BCUT2D eigenvalue weighted by molar-refractivity contribution is 0.348. The Kier molecular flexibility index (Phi) is 3.19. The number of nitrogen functional groups attached to an aromatic ring is 1. The standard InChI is InChI=1S/C14H21N3O2S2/c15-13-12(21(18,19)11-3-4-11)14(20-17-13)16-7-10-6-8-1-2-9(10)5-8/h8-11,16H,1-7H2,(H2,15,17). The average Bonchev–Trinajstić information content (AvgIpc) is 2.96. The van der Waals surface area contributed by atoms with Crippen LogP contribution in [-0.4, -0.2) is 24.6 Å². The van der Waals surface area contributed by atoms with Crippen molar-refractivity contribution in [3.63, 3.8) is 0 Å². The predicted molar refractivity (Wildman–Crippen MR) is 84.2 cm³/mol. The second-order valence-electron chi connectivity index (χ2n) is 6.79. The molecule has 3 unspecified atom stereocenters. The Balaban J connectivity index is 1.51. The molecule has 1 aromatic rings. The third-order valence-corrected chi connectivity index (χ3v) is 8.61. The van der Waals surface area contributed by atoms with Gasteiger partial charge in [0.05, 0.1) is 5.25 Å². The SMILES string of the molecule is Nc1nsc(NCC2CC3CCC2C3)c1S(=O)(=O)C1CC1. The first-order valence-electron chi connectivity index (χ1n) is 7.78. The molecule has 3 N–H and O–H groups in total. The number of nitrogens with two attached hydrogens (primary N) is 1. The second-order valence-corrected chi connectivity index (χ2v) is 9.72. The first-order chi connectivity index (χ1) is 10.1. The summed E-state index contributed by atoms with van der Waals surface area (Å²) in [6, 6.07) is 0. The normalized spacial score (nSPS) is 31.7. The van der Waals surface area contributed by atoms with E-state index in [1.165, 1.54) is 37.2 Å². The molecule has 1 heterocycles. The summed E-state index contributed by atoms with van der Waals surface area (Å²) in [7, 11) is -3.28. The molecule has 0 aliphatic heterocycles. The molecule has 7 heteroatoms. The molecule has 0 radical (unpaired) electrons. The molecule has 3 saturated carbocycles. The average molecular weight is 327 g/mol. The first-order valence-corrected chi connectivity index (χ1v) is 10.1. The zero-order valence-corrected chi connectivity index (χ0v) is 13.5. The van der Waals surface area contributed by atoms with Gasteiger partial charge in [-0.05, 0) is 61.4 Å². The van der Waals surface area contributed by atoms with E-state index in [2.05, 4.69) is 9.69 Å². The Bertz CT molecular complexity index is 651. The molecule has 1 aromatic heterocycles. The van der Waals surface area contributed by atoms with Crippen LogP contribution in [0.1, 0.15) is 38.5 Å². The van der Waals surface area contributed by atoms with Gasteiger partial charge in [-0.25, -0.2) is 8.42 Å². The van der Waals surface area contributed by atoms with Crippen molar-refractivity contribution in [2.75, 3.05) is 17.6 Å². The maximum Gasteiger partial charge on any atom is 0.187 e. The highest BCUT2D eigenvalue weighted by atomic mass is 32.2. The molecular weight excluding hydrogens is 306 g/mol. The minimum Gasteiger partial charge on any atom is -0.382 e. The van der Waals surface area contributed by atoms with E-state index in [9.17, 15) is 8.42 Å². The summed E-state index contributed by atoms with van der Waals surface area (Å²) in [5.41, 5.74) is 5.82.